The highest BCUT2D eigenvalue weighted by Gasteiger charge is 2.26. The van der Waals surface area contributed by atoms with Crippen molar-refractivity contribution in [3.8, 4) is 5.88 Å². The molecule has 1 saturated heterocycles. The summed E-state index contributed by atoms with van der Waals surface area (Å²) in [6, 6.07) is 6.13. The van der Waals surface area contributed by atoms with Gasteiger partial charge in [0.2, 0.25) is 5.88 Å². The van der Waals surface area contributed by atoms with E-state index in [-0.39, 0.29) is 6.04 Å². The Kier molecular flexibility index (Phi) is 4.16. The summed E-state index contributed by atoms with van der Waals surface area (Å²) < 4.78 is 7.55. The maximum absolute atomic E-state index is 11.1. The molecule has 1 aromatic heterocycles. The number of fused-ring (bicyclic) bond motifs is 1. The van der Waals surface area contributed by atoms with E-state index in [2.05, 4.69) is 9.88 Å². The van der Waals surface area contributed by atoms with Crippen molar-refractivity contribution in [2.45, 2.75) is 25.3 Å². The quantitative estimate of drug-likeness (QED) is 0.737. The number of anilines is 1. The lowest BCUT2D eigenvalue weighted by atomic mass is 10.1. The molecule has 0 saturated carbocycles. The van der Waals surface area contributed by atoms with Gasteiger partial charge in [-0.1, -0.05) is 0 Å². The molecule has 6 nitrogen and oxygen atoms in total. The third-order valence-corrected chi connectivity index (χ3v) is 4.98. The minimum atomic E-state index is 0.253. The van der Waals surface area contributed by atoms with Crippen molar-refractivity contribution in [1.82, 2.24) is 9.88 Å². The number of rotatable bonds is 2. The van der Waals surface area contributed by atoms with Gasteiger partial charge in [-0.3, -0.25) is 4.99 Å². The number of hydrogen-bond acceptors (Lipinski definition) is 5. The van der Waals surface area contributed by atoms with Gasteiger partial charge >= 0.3 is 0 Å². The molecule has 4 rings (SSSR count). The lowest BCUT2D eigenvalue weighted by molar-refractivity contribution is 0.0688. The Morgan fingerprint density at radius 1 is 1.25 bits per heavy atom. The highest BCUT2D eigenvalue weighted by atomic mass is 16.5. The zero-order valence-electron chi connectivity index (χ0n) is 13.8. The minimum Gasteiger partial charge on any atom is -0.494 e. The Labute approximate surface area is 141 Å². The van der Waals surface area contributed by atoms with Gasteiger partial charge in [0.25, 0.3) is 0 Å². The van der Waals surface area contributed by atoms with E-state index in [9.17, 15) is 5.11 Å². The van der Waals surface area contributed by atoms with Crippen LogP contribution in [0.4, 0.5) is 5.69 Å². The molecule has 3 heterocycles. The van der Waals surface area contributed by atoms with E-state index in [0.717, 1.165) is 74.3 Å². The lowest BCUT2D eigenvalue weighted by Gasteiger charge is -2.25. The number of nitrogens with zero attached hydrogens (tertiary/aromatic N) is 2. The topological polar surface area (TPSA) is 84.8 Å². The Morgan fingerprint density at radius 3 is 2.92 bits per heavy atom. The number of aliphatic imine (C=N–C) groups is 1. The van der Waals surface area contributed by atoms with Crippen LogP contribution in [-0.2, 0) is 4.74 Å². The minimum absolute atomic E-state index is 0.253. The summed E-state index contributed by atoms with van der Waals surface area (Å²) in [7, 11) is 0. The molecule has 1 fully saturated rings. The van der Waals surface area contributed by atoms with Crippen LogP contribution in [0.25, 0.3) is 10.9 Å². The first-order valence-electron chi connectivity index (χ1n) is 8.70. The number of nitrogens with two attached hydrogens (primary N) is 1. The first-order chi connectivity index (χ1) is 11.8. The fourth-order valence-corrected chi connectivity index (χ4v) is 3.80. The van der Waals surface area contributed by atoms with Crippen LogP contribution in [0.3, 0.4) is 0 Å². The molecule has 6 heteroatoms. The Balaban J connectivity index is 1.90. The van der Waals surface area contributed by atoms with Crippen LogP contribution >= 0.6 is 0 Å². The fraction of sp³-hybridized carbons (Fsp3) is 0.500. The maximum atomic E-state index is 11.1. The van der Waals surface area contributed by atoms with Crippen LogP contribution < -0.4 is 11.1 Å². The summed E-state index contributed by atoms with van der Waals surface area (Å²) in [6.45, 7) is 3.97. The number of hydrogen-bond donors (Lipinski definition) is 3. The summed E-state index contributed by atoms with van der Waals surface area (Å²) in [5.74, 6) is 0.322. The van der Waals surface area contributed by atoms with Crippen molar-refractivity contribution >= 4 is 22.3 Å². The molecule has 4 N–H and O–H groups in total. The zero-order valence-corrected chi connectivity index (χ0v) is 13.8. The van der Waals surface area contributed by atoms with Crippen molar-refractivity contribution in [1.29, 1.82) is 0 Å². The van der Waals surface area contributed by atoms with E-state index in [1.165, 1.54) is 0 Å². The summed E-state index contributed by atoms with van der Waals surface area (Å²) in [4.78, 5) is 4.71. The molecule has 1 aromatic carbocycles. The molecule has 0 radical (unpaired) electrons. The van der Waals surface area contributed by atoms with E-state index < -0.39 is 0 Å². The van der Waals surface area contributed by atoms with Crippen LogP contribution in [0, 0.1) is 0 Å². The molecule has 0 amide bonds. The molecule has 2 aliphatic heterocycles. The highest BCUT2D eigenvalue weighted by molar-refractivity contribution is 6.14. The van der Waals surface area contributed by atoms with Gasteiger partial charge in [-0.2, -0.15) is 0 Å². The van der Waals surface area contributed by atoms with Crippen LogP contribution in [0.15, 0.2) is 23.2 Å². The molecular formula is C18H24N4O2. The normalized spacial score (nSPS) is 20.1. The van der Waals surface area contributed by atoms with E-state index in [4.69, 9.17) is 15.5 Å². The smallest absolute Gasteiger partial charge is 0.201 e. The summed E-state index contributed by atoms with van der Waals surface area (Å²) in [6.07, 6.45) is 2.64. The van der Waals surface area contributed by atoms with Crippen LogP contribution in [0.1, 0.15) is 30.9 Å². The van der Waals surface area contributed by atoms with Crippen LogP contribution in [0.2, 0.25) is 0 Å². The number of aromatic nitrogens is 1. The monoisotopic (exact) mass is 328 g/mol. The van der Waals surface area contributed by atoms with Gasteiger partial charge in [0.05, 0.1) is 17.6 Å². The molecule has 0 unspecified atom stereocenters. The second kappa shape index (κ2) is 6.45. The average Bonchev–Trinajstić information content (AvgIpc) is 2.76. The van der Waals surface area contributed by atoms with Gasteiger partial charge < -0.3 is 25.5 Å². The van der Waals surface area contributed by atoms with Crippen molar-refractivity contribution in [2.75, 3.05) is 38.6 Å². The second-order valence-corrected chi connectivity index (χ2v) is 6.52. The van der Waals surface area contributed by atoms with Gasteiger partial charge in [-0.25, -0.2) is 0 Å². The number of nitrogens with one attached hydrogen (secondary N) is 1. The molecule has 0 bridgehead atoms. The molecule has 128 valence electrons. The van der Waals surface area contributed by atoms with Gasteiger partial charge in [0.15, 0.2) is 0 Å². The van der Waals surface area contributed by atoms with Gasteiger partial charge in [0, 0.05) is 55.6 Å². The van der Waals surface area contributed by atoms with E-state index in [1.807, 2.05) is 18.2 Å². The first kappa shape index (κ1) is 15.5. The molecule has 2 aromatic rings. The third-order valence-electron chi connectivity index (χ3n) is 4.98. The van der Waals surface area contributed by atoms with Crippen molar-refractivity contribution in [3.05, 3.63) is 23.8 Å². The Morgan fingerprint density at radius 2 is 2.08 bits per heavy atom. The summed E-state index contributed by atoms with van der Waals surface area (Å²) in [5, 5.41) is 15.4. The van der Waals surface area contributed by atoms with E-state index in [1.54, 1.807) is 0 Å². The molecule has 0 atom stereocenters. The number of benzene rings is 1. The van der Waals surface area contributed by atoms with Crippen molar-refractivity contribution in [3.63, 3.8) is 0 Å². The lowest BCUT2D eigenvalue weighted by Crippen LogP contribution is -2.19. The zero-order chi connectivity index (χ0) is 16.5. The van der Waals surface area contributed by atoms with E-state index in [0.29, 0.717) is 11.6 Å². The summed E-state index contributed by atoms with van der Waals surface area (Å²) >= 11 is 0. The first-order valence-corrected chi connectivity index (χ1v) is 8.70. The largest absolute Gasteiger partial charge is 0.494 e. The number of nitrogen functional groups attached to an aromatic ring is 1. The van der Waals surface area contributed by atoms with Crippen molar-refractivity contribution < 1.29 is 9.84 Å². The highest BCUT2D eigenvalue weighted by Crippen LogP contribution is 2.39. The molecule has 0 aliphatic carbocycles. The molecule has 24 heavy (non-hydrogen) atoms. The van der Waals surface area contributed by atoms with Crippen LogP contribution in [0.5, 0.6) is 5.88 Å². The Bertz CT molecular complexity index is 775. The van der Waals surface area contributed by atoms with Gasteiger partial charge in [0.1, 0.15) is 0 Å². The van der Waals surface area contributed by atoms with Crippen molar-refractivity contribution in [2.24, 2.45) is 4.99 Å². The third kappa shape index (κ3) is 2.65. The number of aromatic hydroxyl groups is 1. The maximum Gasteiger partial charge on any atom is 0.201 e. The Hall–Kier alpha value is -2.05. The second-order valence-electron chi connectivity index (χ2n) is 6.52. The molecule has 0 spiro atoms. The van der Waals surface area contributed by atoms with Gasteiger partial charge in [-0.05, 0) is 31.0 Å². The summed E-state index contributed by atoms with van der Waals surface area (Å²) in [5.41, 5.74) is 9.59. The molecular weight excluding hydrogens is 304 g/mol. The predicted octanol–water partition coefficient (Wildman–Crippen LogP) is 2.06. The molecule has 2 aliphatic rings. The standard InChI is InChI=1S/C18H24N4O2/c19-12-1-2-16-14(11-12)17(15-3-6-20-7-8-21-15)18(23)22(16)13-4-9-24-10-5-13/h1-2,11,13,20,23H,3-10,19H2. The van der Waals surface area contributed by atoms with Crippen LogP contribution in [-0.4, -0.2) is 48.2 Å². The average molecular weight is 328 g/mol. The number of ether oxygens (including phenoxy) is 1. The fourth-order valence-electron chi connectivity index (χ4n) is 3.80. The predicted molar refractivity (Wildman–Crippen MR) is 96.0 cm³/mol. The van der Waals surface area contributed by atoms with Gasteiger partial charge in [-0.15, -0.1) is 0 Å². The van der Waals surface area contributed by atoms with E-state index >= 15 is 0 Å². The SMILES string of the molecule is Nc1ccc2c(c1)c(C1=NCCNCC1)c(O)n2C1CCOCC1.